The molecule has 0 saturated heterocycles. The van der Waals surface area contributed by atoms with Crippen molar-refractivity contribution in [3.05, 3.63) is 47.8 Å². The fourth-order valence-electron chi connectivity index (χ4n) is 3.33. The van der Waals surface area contributed by atoms with Gasteiger partial charge in [0.05, 0.1) is 18.0 Å². The summed E-state index contributed by atoms with van der Waals surface area (Å²) in [5.41, 5.74) is 1.96. The monoisotopic (exact) mass is 552 g/mol. The molecule has 2 rings (SSSR count). The van der Waals surface area contributed by atoms with Gasteiger partial charge in [-0.05, 0) is 45.9 Å². The van der Waals surface area contributed by atoms with E-state index >= 15 is 0 Å². The molecule has 0 bridgehead atoms. The summed E-state index contributed by atoms with van der Waals surface area (Å²) in [6.45, 7) is 13.8. The largest absolute Gasteiger partial charge is 0.444 e. The van der Waals surface area contributed by atoms with E-state index in [1.54, 1.807) is 37.3 Å². The number of nitrogens with one attached hydrogen (secondary N) is 2. The van der Waals surface area contributed by atoms with Gasteiger partial charge in [0.1, 0.15) is 17.7 Å². The molecule has 0 fully saturated rings. The van der Waals surface area contributed by atoms with Gasteiger partial charge < -0.3 is 24.8 Å². The van der Waals surface area contributed by atoms with Gasteiger partial charge in [0, 0.05) is 52.0 Å². The SMILES string of the molecule is CCOP(C)(=O)c1cccc(CNCCN(CCNCc2cccc([P+](C)=O)n2)C(=O)OC(C)(C)C)n1. The predicted octanol–water partition coefficient (Wildman–Crippen LogP) is 3.25. The molecule has 2 unspecified atom stereocenters. The third-order valence-electron chi connectivity index (χ3n) is 5.08. The van der Waals surface area contributed by atoms with E-state index in [2.05, 4.69) is 20.6 Å². The number of carbonyl (C=O) groups is 1. The summed E-state index contributed by atoms with van der Waals surface area (Å²) in [6, 6.07) is 10.9. The van der Waals surface area contributed by atoms with Gasteiger partial charge in [-0.25, -0.2) is 14.8 Å². The number of hydrogen-bond donors (Lipinski definition) is 2. The van der Waals surface area contributed by atoms with E-state index < -0.39 is 20.8 Å². The number of nitrogens with zero attached hydrogens (tertiary/aromatic N) is 3. The van der Waals surface area contributed by atoms with Gasteiger partial charge in [-0.15, -0.1) is 0 Å². The van der Waals surface area contributed by atoms with E-state index in [0.717, 1.165) is 11.4 Å². The molecule has 0 radical (unpaired) electrons. The van der Waals surface area contributed by atoms with E-state index in [0.29, 0.717) is 56.7 Å². The Hall–Kier alpha value is -2.22. The second kappa shape index (κ2) is 14.6. The summed E-state index contributed by atoms with van der Waals surface area (Å²) in [4.78, 5) is 23.3. The quantitative estimate of drug-likeness (QED) is 0.269. The van der Waals surface area contributed by atoms with Crippen LogP contribution in [-0.2, 0) is 31.5 Å². The molecule has 2 atom stereocenters. The Labute approximate surface area is 221 Å². The van der Waals surface area contributed by atoms with Crippen LogP contribution in [0.4, 0.5) is 4.79 Å². The normalized spacial score (nSPS) is 13.6. The van der Waals surface area contributed by atoms with Crippen molar-refractivity contribution in [2.45, 2.75) is 46.4 Å². The van der Waals surface area contributed by atoms with Crippen molar-refractivity contribution in [3.8, 4) is 0 Å². The van der Waals surface area contributed by atoms with Crippen LogP contribution in [0.2, 0.25) is 0 Å². The molecule has 10 nitrogen and oxygen atoms in total. The minimum absolute atomic E-state index is 0.357. The molecule has 0 saturated carbocycles. The zero-order valence-electron chi connectivity index (χ0n) is 22.7. The van der Waals surface area contributed by atoms with Gasteiger partial charge in [0.25, 0.3) is 5.44 Å². The molecule has 204 valence electrons. The van der Waals surface area contributed by atoms with Crippen LogP contribution in [-0.4, -0.2) is 72.7 Å². The first-order valence-corrected chi connectivity index (χ1v) is 16.1. The second-order valence-corrected chi connectivity index (χ2v) is 13.4. The zero-order valence-corrected chi connectivity index (χ0v) is 24.5. The Kier molecular flexibility index (Phi) is 12.3. The number of aromatic nitrogens is 2. The molecule has 2 aromatic heterocycles. The van der Waals surface area contributed by atoms with Gasteiger partial charge in [-0.2, -0.15) is 0 Å². The lowest BCUT2D eigenvalue weighted by Gasteiger charge is -2.27. The van der Waals surface area contributed by atoms with E-state index in [4.69, 9.17) is 9.26 Å². The maximum atomic E-state index is 12.8. The minimum atomic E-state index is -2.94. The lowest BCUT2D eigenvalue weighted by Crippen LogP contribution is -2.43. The van der Waals surface area contributed by atoms with Crippen molar-refractivity contribution >= 4 is 32.1 Å². The summed E-state index contributed by atoms with van der Waals surface area (Å²) in [5.74, 6) is 0. The highest BCUT2D eigenvalue weighted by molar-refractivity contribution is 7.65. The van der Waals surface area contributed by atoms with Crippen LogP contribution in [0, 0.1) is 0 Å². The second-order valence-electron chi connectivity index (χ2n) is 9.56. The van der Waals surface area contributed by atoms with Gasteiger partial charge in [-0.3, -0.25) is 4.57 Å². The Morgan fingerprint density at radius 2 is 1.59 bits per heavy atom. The maximum absolute atomic E-state index is 12.8. The number of carbonyl (C=O) groups excluding carboxylic acids is 1. The third kappa shape index (κ3) is 11.4. The lowest BCUT2D eigenvalue weighted by molar-refractivity contribution is 0.0253. The topological polar surface area (TPSA) is 123 Å². The van der Waals surface area contributed by atoms with Gasteiger partial charge in [-0.1, -0.05) is 16.7 Å². The van der Waals surface area contributed by atoms with Crippen molar-refractivity contribution < 1.29 is 23.2 Å². The highest BCUT2D eigenvalue weighted by Gasteiger charge is 2.22. The summed E-state index contributed by atoms with van der Waals surface area (Å²) < 4.78 is 35.3. The number of hydrogen-bond acceptors (Lipinski definition) is 9. The average molecular weight is 553 g/mol. The van der Waals surface area contributed by atoms with Crippen LogP contribution < -0.4 is 21.5 Å². The first-order chi connectivity index (χ1) is 17.4. The first-order valence-electron chi connectivity index (χ1n) is 12.4. The summed E-state index contributed by atoms with van der Waals surface area (Å²) in [5, 5.41) is 6.58. The Morgan fingerprint density at radius 1 is 1.03 bits per heavy atom. The van der Waals surface area contributed by atoms with Crippen molar-refractivity contribution in [2.75, 3.05) is 46.1 Å². The van der Waals surface area contributed by atoms with Crippen LogP contribution in [0.25, 0.3) is 0 Å². The lowest BCUT2D eigenvalue weighted by atomic mass is 10.2. The number of rotatable bonds is 14. The van der Waals surface area contributed by atoms with E-state index in [9.17, 15) is 13.9 Å². The fraction of sp³-hybridized carbons (Fsp3) is 0.560. The molecule has 0 aliphatic rings. The van der Waals surface area contributed by atoms with Crippen molar-refractivity contribution in [1.29, 1.82) is 0 Å². The van der Waals surface area contributed by atoms with Crippen LogP contribution >= 0.6 is 15.2 Å². The molecule has 2 aromatic rings. The smallest absolute Gasteiger partial charge is 0.410 e. The molecule has 12 heteroatoms. The zero-order chi connectivity index (χ0) is 27.5. The molecule has 0 spiro atoms. The van der Waals surface area contributed by atoms with E-state index in [1.807, 2.05) is 45.0 Å². The highest BCUT2D eigenvalue weighted by atomic mass is 31.2. The molecule has 0 aromatic carbocycles. The Bertz CT molecular complexity index is 1090. The van der Waals surface area contributed by atoms with Crippen molar-refractivity contribution in [2.24, 2.45) is 0 Å². The van der Waals surface area contributed by atoms with E-state index in [-0.39, 0.29) is 6.09 Å². The number of amides is 1. The highest BCUT2D eigenvalue weighted by Crippen LogP contribution is 2.40. The molecule has 1 amide bonds. The van der Waals surface area contributed by atoms with Gasteiger partial charge in [0.2, 0.25) is 7.37 Å². The standard InChI is InChI=1S/C25H40N5O5P2/c1-7-34-37(6,33)23-13-9-11-21(29-23)19-27-15-17-30(24(31)35-25(2,3)4)16-14-26-18-20-10-8-12-22(28-20)36(5)32/h8-13,26-27H,7,14-19H2,1-6H3/q+1. The molecule has 2 N–H and O–H groups in total. The molecular formula is C25H40N5O5P2+. The third-order valence-corrected chi connectivity index (χ3v) is 7.81. The molecule has 0 aliphatic carbocycles. The van der Waals surface area contributed by atoms with Crippen LogP contribution in [0.3, 0.4) is 0 Å². The average Bonchev–Trinajstić information content (AvgIpc) is 2.82. The first kappa shape index (κ1) is 31.0. The molecular weight excluding hydrogens is 512 g/mol. The summed E-state index contributed by atoms with van der Waals surface area (Å²) >= 11 is 0. The minimum Gasteiger partial charge on any atom is -0.444 e. The van der Waals surface area contributed by atoms with Crippen LogP contribution in [0.5, 0.6) is 0 Å². The van der Waals surface area contributed by atoms with Gasteiger partial charge in [0.15, 0.2) is 0 Å². The van der Waals surface area contributed by atoms with Crippen LogP contribution in [0.1, 0.15) is 39.1 Å². The summed E-state index contributed by atoms with van der Waals surface area (Å²) in [7, 11) is -4.43. The van der Waals surface area contributed by atoms with Crippen LogP contribution in [0.15, 0.2) is 36.4 Å². The fourth-order valence-corrected chi connectivity index (χ4v) is 5.18. The Morgan fingerprint density at radius 3 is 2.14 bits per heavy atom. The van der Waals surface area contributed by atoms with Gasteiger partial charge >= 0.3 is 13.9 Å². The molecule has 2 heterocycles. The summed E-state index contributed by atoms with van der Waals surface area (Å²) in [6.07, 6.45) is -0.386. The Balaban J connectivity index is 1.89. The number of ether oxygens (including phenoxy) is 1. The maximum Gasteiger partial charge on any atom is 0.410 e. The molecule has 37 heavy (non-hydrogen) atoms. The van der Waals surface area contributed by atoms with Crippen molar-refractivity contribution in [1.82, 2.24) is 25.5 Å². The predicted molar refractivity (Wildman–Crippen MR) is 148 cm³/mol. The number of pyridine rings is 2. The van der Waals surface area contributed by atoms with Crippen molar-refractivity contribution in [3.63, 3.8) is 0 Å². The van der Waals surface area contributed by atoms with E-state index in [1.165, 1.54) is 0 Å². The molecule has 0 aliphatic heterocycles.